The molecular weight excluding hydrogens is 164 g/mol. The first kappa shape index (κ1) is 9.22. The number of benzene rings is 1. The van der Waals surface area contributed by atoms with Crippen molar-refractivity contribution >= 4 is 11.8 Å². The van der Waals surface area contributed by atoms with Gasteiger partial charge in [0.25, 0.3) is 0 Å². The fourth-order valence-corrected chi connectivity index (χ4v) is 1.54. The highest BCUT2D eigenvalue weighted by Crippen LogP contribution is 2.17. The Bertz CT molecular complexity index is 287. The summed E-state index contributed by atoms with van der Waals surface area (Å²) in [6, 6.07) is 8.53. The van der Waals surface area contributed by atoms with E-state index in [1.807, 2.05) is 6.92 Å². The van der Waals surface area contributed by atoms with E-state index in [0.717, 1.165) is 5.75 Å². The highest BCUT2D eigenvalue weighted by molar-refractivity contribution is 7.99. The van der Waals surface area contributed by atoms with Gasteiger partial charge in [-0.05, 0) is 26.0 Å². The summed E-state index contributed by atoms with van der Waals surface area (Å²) < 4.78 is 0. The van der Waals surface area contributed by atoms with Crippen molar-refractivity contribution in [3.63, 3.8) is 0 Å². The average Bonchev–Trinajstić information content (AvgIpc) is 2.09. The van der Waals surface area contributed by atoms with Crippen LogP contribution in [0.5, 0.6) is 0 Å². The normalized spacial score (nSPS) is 8.83. The second-order valence-electron chi connectivity index (χ2n) is 2.53. The van der Waals surface area contributed by atoms with Crippen LogP contribution in [0.25, 0.3) is 0 Å². The largest absolute Gasteiger partial charge is 0.113 e. The van der Waals surface area contributed by atoms with Gasteiger partial charge >= 0.3 is 0 Å². The molecule has 0 aliphatic heterocycles. The maximum atomic E-state index is 3.02. The predicted molar refractivity (Wildman–Crippen MR) is 55.4 cm³/mol. The summed E-state index contributed by atoms with van der Waals surface area (Å²) >= 11 is 1.78. The summed E-state index contributed by atoms with van der Waals surface area (Å²) in [5.74, 6) is 6.79. The van der Waals surface area contributed by atoms with Gasteiger partial charge in [-0.2, -0.15) is 0 Å². The molecule has 0 saturated carbocycles. The molecule has 0 nitrogen and oxygen atoms in total. The van der Waals surface area contributed by atoms with Gasteiger partial charge in [0.1, 0.15) is 0 Å². The Hall–Kier alpha value is -0.870. The topological polar surface area (TPSA) is 0 Å². The Kier molecular flexibility index (Phi) is 3.76. The van der Waals surface area contributed by atoms with Gasteiger partial charge in [0.15, 0.2) is 0 Å². The summed E-state index contributed by atoms with van der Waals surface area (Å²) in [6.07, 6.45) is 0. The van der Waals surface area contributed by atoms with E-state index in [2.05, 4.69) is 43.0 Å². The van der Waals surface area contributed by atoms with Crippen LogP contribution >= 0.6 is 11.8 Å². The summed E-state index contributed by atoms with van der Waals surface area (Å²) in [6.45, 7) is 3.97. The first-order valence-corrected chi connectivity index (χ1v) is 4.90. The van der Waals surface area contributed by atoms with E-state index in [1.54, 1.807) is 11.8 Å². The Labute approximate surface area is 78.4 Å². The number of aryl methyl sites for hydroxylation is 1. The van der Waals surface area contributed by atoms with Gasteiger partial charge in [-0.15, -0.1) is 17.7 Å². The van der Waals surface area contributed by atoms with E-state index in [1.165, 1.54) is 10.5 Å². The smallest absolute Gasteiger partial charge is 0.0594 e. The summed E-state index contributed by atoms with van der Waals surface area (Å²) in [4.78, 5) is 1.29. The van der Waals surface area contributed by atoms with Crippen LogP contribution in [-0.4, -0.2) is 5.75 Å². The molecule has 0 heterocycles. The minimum atomic E-state index is 0.888. The zero-order valence-electron chi connectivity index (χ0n) is 7.42. The number of rotatable bonds is 2. The zero-order valence-corrected chi connectivity index (χ0v) is 8.24. The third kappa shape index (κ3) is 3.02. The molecule has 0 aliphatic rings. The minimum absolute atomic E-state index is 0.888. The van der Waals surface area contributed by atoms with E-state index in [-0.39, 0.29) is 0 Å². The van der Waals surface area contributed by atoms with Crippen LogP contribution in [0, 0.1) is 18.8 Å². The molecule has 0 N–H and O–H groups in total. The van der Waals surface area contributed by atoms with E-state index >= 15 is 0 Å². The summed E-state index contributed by atoms with van der Waals surface area (Å²) in [5.41, 5.74) is 1.31. The molecule has 0 spiro atoms. The Balaban J connectivity index is 2.51. The van der Waals surface area contributed by atoms with Crippen LogP contribution in [0.2, 0.25) is 0 Å². The molecule has 1 aromatic carbocycles. The fraction of sp³-hybridized carbons (Fsp3) is 0.273. The van der Waals surface area contributed by atoms with Crippen molar-refractivity contribution < 1.29 is 0 Å². The van der Waals surface area contributed by atoms with Gasteiger partial charge in [-0.1, -0.05) is 23.6 Å². The van der Waals surface area contributed by atoms with Gasteiger partial charge in [0.05, 0.1) is 5.75 Å². The first-order valence-electron chi connectivity index (χ1n) is 3.92. The SMILES string of the molecule is CC#CCSc1ccc(C)cc1. The fourth-order valence-electron chi connectivity index (χ4n) is 0.826. The molecule has 0 amide bonds. The van der Waals surface area contributed by atoms with Crippen molar-refractivity contribution in [2.24, 2.45) is 0 Å². The average molecular weight is 176 g/mol. The maximum Gasteiger partial charge on any atom is 0.0594 e. The molecule has 0 aromatic heterocycles. The third-order valence-electron chi connectivity index (χ3n) is 1.51. The lowest BCUT2D eigenvalue weighted by atomic mass is 10.2. The lowest BCUT2D eigenvalue weighted by Crippen LogP contribution is -1.75. The Morgan fingerprint density at radius 3 is 2.50 bits per heavy atom. The molecule has 1 rings (SSSR count). The Morgan fingerprint density at radius 2 is 1.92 bits per heavy atom. The van der Waals surface area contributed by atoms with E-state index < -0.39 is 0 Å². The highest BCUT2D eigenvalue weighted by Gasteiger charge is 1.89. The lowest BCUT2D eigenvalue weighted by molar-refractivity contribution is 1.38. The van der Waals surface area contributed by atoms with Gasteiger partial charge in [0, 0.05) is 4.90 Å². The molecule has 1 aromatic rings. The van der Waals surface area contributed by atoms with Crippen LogP contribution in [0.4, 0.5) is 0 Å². The quantitative estimate of drug-likeness (QED) is 0.493. The zero-order chi connectivity index (χ0) is 8.81. The minimum Gasteiger partial charge on any atom is -0.113 e. The molecule has 12 heavy (non-hydrogen) atoms. The molecule has 0 radical (unpaired) electrons. The van der Waals surface area contributed by atoms with Crippen LogP contribution < -0.4 is 0 Å². The second-order valence-corrected chi connectivity index (χ2v) is 3.58. The monoisotopic (exact) mass is 176 g/mol. The molecule has 0 unspecified atom stereocenters. The number of hydrogen-bond acceptors (Lipinski definition) is 1. The van der Waals surface area contributed by atoms with E-state index in [0.29, 0.717) is 0 Å². The van der Waals surface area contributed by atoms with Crippen LogP contribution in [0.3, 0.4) is 0 Å². The molecular formula is C11H12S. The summed E-state index contributed by atoms with van der Waals surface area (Å²) in [5, 5.41) is 0. The lowest BCUT2D eigenvalue weighted by Gasteiger charge is -1.96. The summed E-state index contributed by atoms with van der Waals surface area (Å²) in [7, 11) is 0. The molecule has 0 atom stereocenters. The molecule has 0 bridgehead atoms. The van der Waals surface area contributed by atoms with Crippen LogP contribution in [0.15, 0.2) is 29.2 Å². The van der Waals surface area contributed by atoms with E-state index in [9.17, 15) is 0 Å². The number of thioether (sulfide) groups is 1. The standard InChI is InChI=1S/C11H12S/c1-3-4-9-12-11-7-5-10(2)6-8-11/h5-8H,9H2,1-2H3. The third-order valence-corrected chi connectivity index (χ3v) is 2.40. The van der Waals surface area contributed by atoms with Crippen LogP contribution in [0.1, 0.15) is 12.5 Å². The van der Waals surface area contributed by atoms with Gasteiger partial charge < -0.3 is 0 Å². The van der Waals surface area contributed by atoms with Crippen molar-refractivity contribution in [3.8, 4) is 11.8 Å². The van der Waals surface area contributed by atoms with Gasteiger partial charge in [-0.3, -0.25) is 0 Å². The van der Waals surface area contributed by atoms with Crippen molar-refractivity contribution in [1.82, 2.24) is 0 Å². The van der Waals surface area contributed by atoms with Gasteiger partial charge in [0.2, 0.25) is 0 Å². The maximum absolute atomic E-state index is 3.02. The van der Waals surface area contributed by atoms with Crippen molar-refractivity contribution in [1.29, 1.82) is 0 Å². The molecule has 0 aliphatic carbocycles. The predicted octanol–water partition coefficient (Wildman–Crippen LogP) is 3.11. The van der Waals surface area contributed by atoms with Crippen molar-refractivity contribution in [3.05, 3.63) is 29.8 Å². The highest BCUT2D eigenvalue weighted by atomic mass is 32.2. The number of hydrogen-bond donors (Lipinski definition) is 0. The molecule has 1 heteroatoms. The molecule has 0 fully saturated rings. The second kappa shape index (κ2) is 4.90. The molecule has 0 saturated heterocycles. The first-order chi connectivity index (χ1) is 5.83. The van der Waals surface area contributed by atoms with Crippen molar-refractivity contribution in [2.75, 3.05) is 5.75 Å². The van der Waals surface area contributed by atoms with Crippen LogP contribution in [-0.2, 0) is 0 Å². The Morgan fingerprint density at radius 1 is 1.25 bits per heavy atom. The van der Waals surface area contributed by atoms with E-state index in [4.69, 9.17) is 0 Å². The van der Waals surface area contributed by atoms with Gasteiger partial charge in [-0.25, -0.2) is 0 Å². The molecule has 62 valence electrons. The van der Waals surface area contributed by atoms with Crippen molar-refractivity contribution in [2.45, 2.75) is 18.7 Å².